The topological polar surface area (TPSA) is 53.7 Å². The van der Waals surface area contributed by atoms with Crippen LogP contribution in [0.15, 0.2) is 6.07 Å². The van der Waals surface area contributed by atoms with E-state index in [1.54, 1.807) is 21.3 Å². The molecule has 0 aliphatic heterocycles. The van der Waals surface area contributed by atoms with Gasteiger partial charge in [0, 0.05) is 11.6 Å². The fourth-order valence-electron chi connectivity index (χ4n) is 2.63. The minimum atomic E-state index is 0.193. The van der Waals surface area contributed by atoms with Gasteiger partial charge in [0.25, 0.3) is 0 Å². The largest absolute Gasteiger partial charge is 0.493 e. The lowest BCUT2D eigenvalue weighted by atomic mass is 9.99. The first-order valence-electron chi connectivity index (χ1n) is 6.27. The number of rotatable bonds is 3. The first-order chi connectivity index (χ1) is 8.71. The van der Waals surface area contributed by atoms with Gasteiger partial charge in [0.1, 0.15) is 0 Å². The molecule has 18 heavy (non-hydrogen) atoms. The quantitative estimate of drug-likeness (QED) is 0.834. The summed E-state index contributed by atoms with van der Waals surface area (Å²) in [5.41, 5.74) is 8.54. The Balaban J connectivity index is 2.58. The van der Waals surface area contributed by atoms with Crippen molar-refractivity contribution in [2.24, 2.45) is 5.73 Å². The van der Waals surface area contributed by atoms with Gasteiger partial charge in [-0.2, -0.15) is 0 Å². The smallest absolute Gasteiger partial charge is 0.203 e. The van der Waals surface area contributed by atoms with Gasteiger partial charge in [-0.3, -0.25) is 0 Å². The lowest BCUT2D eigenvalue weighted by Gasteiger charge is -2.19. The number of hydrogen-bond acceptors (Lipinski definition) is 4. The van der Waals surface area contributed by atoms with E-state index in [0.717, 1.165) is 37.2 Å². The van der Waals surface area contributed by atoms with Gasteiger partial charge in [-0.05, 0) is 37.3 Å². The lowest BCUT2D eigenvalue weighted by molar-refractivity contribution is 0.321. The van der Waals surface area contributed by atoms with E-state index in [9.17, 15) is 0 Å². The van der Waals surface area contributed by atoms with Crippen molar-refractivity contribution in [3.05, 3.63) is 17.2 Å². The molecule has 100 valence electrons. The van der Waals surface area contributed by atoms with Crippen LogP contribution < -0.4 is 19.9 Å². The molecule has 1 aliphatic carbocycles. The van der Waals surface area contributed by atoms with Crippen LogP contribution in [0.5, 0.6) is 17.2 Å². The highest BCUT2D eigenvalue weighted by molar-refractivity contribution is 5.59. The molecule has 0 saturated carbocycles. The molecule has 0 saturated heterocycles. The van der Waals surface area contributed by atoms with Gasteiger partial charge in [-0.25, -0.2) is 0 Å². The normalized spacial score (nSPS) is 18.8. The molecule has 4 nitrogen and oxygen atoms in total. The molecule has 0 radical (unpaired) electrons. The van der Waals surface area contributed by atoms with Crippen LogP contribution in [0.25, 0.3) is 0 Å². The maximum Gasteiger partial charge on any atom is 0.203 e. The first-order valence-corrected chi connectivity index (χ1v) is 6.27. The molecule has 1 aromatic carbocycles. The summed E-state index contributed by atoms with van der Waals surface area (Å²) in [6.07, 6.45) is 3.99. The summed E-state index contributed by atoms with van der Waals surface area (Å²) in [5, 5.41) is 0. The molecule has 4 heteroatoms. The Morgan fingerprint density at radius 3 is 2.44 bits per heavy atom. The monoisotopic (exact) mass is 251 g/mol. The van der Waals surface area contributed by atoms with Crippen molar-refractivity contribution in [3.63, 3.8) is 0 Å². The molecule has 2 N–H and O–H groups in total. The minimum absolute atomic E-state index is 0.193. The minimum Gasteiger partial charge on any atom is -0.493 e. The summed E-state index contributed by atoms with van der Waals surface area (Å²) in [7, 11) is 4.93. The van der Waals surface area contributed by atoms with Gasteiger partial charge < -0.3 is 19.9 Å². The van der Waals surface area contributed by atoms with Crippen molar-refractivity contribution in [3.8, 4) is 17.2 Å². The number of aryl methyl sites for hydroxylation is 1. The van der Waals surface area contributed by atoms with Crippen LogP contribution in [0.4, 0.5) is 0 Å². The molecule has 0 heterocycles. The second-order valence-electron chi connectivity index (χ2n) is 4.64. The molecule has 1 atom stereocenters. The van der Waals surface area contributed by atoms with Gasteiger partial charge in [0.15, 0.2) is 11.5 Å². The van der Waals surface area contributed by atoms with E-state index >= 15 is 0 Å². The summed E-state index contributed by atoms with van der Waals surface area (Å²) < 4.78 is 16.3. The van der Waals surface area contributed by atoms with Gasteiger partial charge in [-0.15, -0.1) is 0 Å². The van der Waals surface area contributed by atoms with Gasteiger partial charge in [-0.1, -0.05) is 0 Å². The molecule has 0 amide bonds. The number of methoxy groups -OCH3 is 3. The van der Waals surface area contributed by atoms with Crippen LogP contribution in [-0.4, -0.2) is 27.4 Å². The second-order valence-corrected chi connectivity index (χ2v) is 4.64. The van der Waals surface area contributed by atoms with Crippen LogP contribution in [0.2, 0.25) is 0 Å². The van der Waals surface area contributed by atoms with E-state index in [-0.39, 0.29) is 6.04 Å². The zero-order valence-electron chi connectivity index (χ0n) is 11.3. The molecule has 0 unspecified atom stereocenters. The maximum atomic E-state index is 6.11. The van der Waals surface area contributed by atoms with Crippen molar-refractivity contribution in [2.75, 3.05) is 21.3 Å². The number of fused-ring (bicyclic) bond motifs is 1. The SMILES string of the molecule is COc1cc2c(c(OC)c1OC)C[C@H](N)CCC2. The Bertz CT molecular complexity index is 432. The Kier molecular flexibility index (Phi) is 3.97. The zero-order valence-corrected chi connectivity index (χ0v) is 11.3. The van der Waals surface area contributed by atoms with E-state index in [2.05, 4.69) is 6.07 Å². The molecule has 0 bridgehead atoms. The van der Waals surface area contributed by atoms with Crippen LogP contribution in [0.1, 0.15) is 24.0 Å². The van der Waals surface area contributed by atoms with E-state index in [1.807, 2.05) is 0 Å². The van der Waals surface area contributed by atoms with Crippen molar-refractivity contribution >= 4 is 0 Å². The maximum absolute atomic E-state index is 6.11. The van der Waals surface area contributed by atoms with Gasteiger partial charge in [0.2, 0.25) is 5.75 Å². The van der Waals surface area contributed by atoms with Gasteiger partial charge in [0.05, 0.1) is 21.3 Å². The summed E-state index contributed by atoms with van der Waals surface area (Å²) in [5.74, 6) is 2.15. The summed E-state index contributed by atoms with van der Waals surface area (Å²) >= 11 is 0. The molecular formula is C14H21NO3. The molecule has 0 fully saturated rings. The van der Waals surface area contributed by atoms with E-state index in [1.165, 1.54) is 11.1 Å². The highest BCUT2D eigenvalue weighted by atomic mass is 16.5. The summed E-state index contributed by atoms with van der Waals surface area (Å²) in [4.78, 5) is 0. The van der Waals surface area contributed by atoms with Crippen LogP contribution >= 0.6 is 0 Å². The average Bonchev–Trinajstić information content (AvgIpc) is 2.56. The van der Waals surface area contributed by atoms with Crippen molar-refractivity contribution in [1.82, 2.24) is 0 Å². The van der Waals surface area contributed by atoms with Crippen molar-refractivity contribution in [1.29, 1.82) is 0 Å². The summed E-state index contributed by atoms with van der Waals surface area (Å²) in [6.45, 7) is 0. The molecule has 1 aliphatic rings. The predicted octanol–water partition coefficient (Wildman–Crippen LogP) is 1.92. The summed E-state index contributed by atoms with van der Waals surface area (Å²) in [6, 6.07) is 2.24. The number of hydrogen-bond donors (Lipinski definition) is 1. The average molecular weight is 251 g/mol. The van der Waals surface area contributed by atoms with Crippen molar-refractivity contribution in [2.45, 2.75) is 31.7 Å². The third-order valence-corrected chi connectivity index (χ3v) is 3.51. The highest BCUT2D eigenvalue weighted by Crippen LogP contribution is 2.43. The predicted molar refractivity (Wildman–Crippen MR) is 70.7 cm³/mol. The fourth-order valence-corrected chi connectivity index (χ4v) is 2.63. The van der Waals surface area contributed by atoms with Gasteiger partial charge >= 0.3 is 0 Å². The van der Waals surface area contributed by atoms with Crippen molar-refractivity contribution < 1.29 is 14.2 Å². The van der Waals surface area contributed by atoms with E-state index < -0.39 is 0 Å². The van der Waals surface area contributed by atoms with Crippen LogP contribution in [-0.2, 0) is 12.8 Å². The Morgan fingerprint density at radius 2 is 1.83 bits per heavy atom. The molecule has 1 aromatic rings. The van der Waals surface area contributed by atoms with E-state index in [4.69, 9.17) is 19.9 Å². The molecular weight excluding hydrogens is 230 g/mol. The molecule has 2 rings (SSSR count). The Morgan fingerprint density at radius 1 is 1.11 bits per heavy atom. The zero-order chi connectivity index (χ0) is 13.1. The second kappa shape index (κ2) is 5.48. The number of ether oxygens (including phenoxy) is 3. The van der Waals surface area contributed by atoms with E-state index in [0.29, 0.717) is 5.75 Å². The number of nitrogens with two attached hydrogens (primary N) is 1. The fraction of sp³-hybridized carbons (Fsp3) is 0.571. The third-order valence-electron chi connectivity index (χ3n) is 3.51. The van der Waals surface area contributed by atoms with Crippen LogP contribution in [0, 0.1) is 0 Å². The third kappa shape index (κ3) is 2.25. The Labute approximate surface area is 108 Å². The van der Waals surface area contributed by atoms with Crippen LogP contribution in [0.3, 0.4) is 0 Å². The number of benzene rings is 1. The first kappa shape index (κ1) is 13.0. The lowest BCUT2D eigenvalue weighted by Crippen LogP contribution is -2.21. The highest BCUT2D eigenvalue weighted by Gasteiger charge is 2.23. The standard InChI is InChI=1S/C14H21NO3/c1-16-12-7-9-5-4-6-10(15)8-11(9)13(17-2)14(12)18-3/h7,10H,4-6,8,15H2,1-3H3/t10-/m1/s1. The Hall–Kier alpha value is -1.42. The molecule has 0 aromatic heterocycles. The molecule has 0 spiro atoms.